The fraction of sp³-hybridized carbons (Fsp3) is 0.375. The maximum absolute atomic E-state index is 12.2. The Kier molecular flexibility index (Phi) is 4.02. The van der Waals surface area contributed by atoms with Crippen LogP contribution in [0.1, 0.15) is 23.6 Å². The molecule has 0 aliphatic rings. The molecule has 0 saturated carbocycles. The molecule has 21 heavy (non-hydrogen) atoms. The topological polar surface area (TPSA) is 70.8 Å². The van der Waals surface area contributed by atoms with Crippen molar-refractivity contribution in [2.45, 2.75) is 33.2 Å². The molecule has 0 radical (unpaired) electrons. The van der Waals surface area contributed by atoms with Crippen LogP contribution in [0.25, 0.3) is 11.0 Å². The third-order valence-corrected chi connectivity index (χ3v) is 3.94. The van der Waals surface area contributed by atoms with Crippen LogP contribution in [0.5, 0.6) is 0 Å². The lowest BCUT2D eigenvalue weighted by Gasteiger charge is -2.21. The first-order valence-electron chi connectivity index (χ1n) is 6.77. The molecular formula is C16H19NO4. The third kappa shape index (κ3) is 2.91. The van der Waals surface area contributed by atoms with Crippen molar-refractivity contribution in [1.29, 1.82) is 0 Å². The summed E-state index contributed by atoms with van der Waals surface area (Å²) in [4.78, 5) is 24.3. The highest BCUT2D eigenvalue weighted by molar-refractivity contribution is 5.90. The molecule has 5 nitrogen and oxygen atoms in total. The van der Waals surface area contributed by atoms with E-state index in [4.69, 9.17) is 9.52 Å². The molecule has 0 spiro atoms. The second kappa shape index (κ2) is 5.60. The second-order valence-electron chi connectivity index (χ2n) is 5.39. The van der Waals surface area contributed by atoms with Crippen LogP contribution < -0.4 is 0 Å². The van der Waals surface area contributed by atoms with Gasteiger partial charge in [-0.05, 0) is 44.0 Å². The number of likely N-dealkylation sites (N-methyl/N-ethyl adjacent to an activating group) is 1. The van der Waals surface area contributed by atoms with E-state index < -0.39 is 12.0 Å². The van der Waals surface area contributed by atoms with Crippen molar-refractivity contribution < 1.29 is 19.1 Å². The number of rotatable bonds is 4. The lowest BCUT2D eigenvalue weighted by Crippen LogP contribution is -2.40. The maximum Gasteiger partial charge on any atom is 0.326 e. The standard InChI is InChI=1S/C16H19NO4/c1-9-5-13-12(8-21-14(13)6-10(9)2)7-15(18)17(4)11(3)16(19)20/h5-6,8,11H,7H2,1-4H3,(H,19,20). The van der Waals surface area contributed by atoms with Crippen molar-refractivity contribution in [3.8, 4) is 0 Å². The Morgan fingerprint density at radius 1 is 1.29 bits per heavy atom. The first kappa shape index (κ1) is 15.1. The summed E-state index contributed by atoms with van der Waals surface area (Å²) in [6.45, 7) is 5.50. The molecular weight excluding hydrogens is 270 g/mol. The summed E-state index contributed by atoms with van der Waals surface area (Å²) >= 11 is 0. The zero-order valence-electron chi connectivity index (χ0n) is 12.6. The average Bonchev–Trinajstić information content (AvgIpc) is 2.80. The van der Waals surface area contributed by atoms with Crippen molar-refractivity contribution in [3.05, 3.63) is 35.1 Å². The fourth-order valence-corrected chi connectivity index (χ4v) is 2.14. The number of carbonyl (C=O) groups is 2. The van der Waals surface area contributed by atoms with E-state index in [1.165, 1.54) is 18.9 Å². The smallest absolute Gasteiger partial charge is 0.326 e. The summed E-state index contributed by atoms with van der Waals surface area (Å²) in [7, 11) is 1.50. The highest BCUT2D eigenvalue weighted by Crippen LogP contribution is 2.25. The fourth-order valence-electron chi connectivity index (χ4n) is 2.14. The Balaban J connectivity index is 2.26. The molecule has 1 aromatic heterocycles. The molecule has 0 aliphatic heterocycles. The summed E-state index contributed by atoms with van der Waals surface area (Å²) in [6.07, 6.45) is 1.70. The zero-order chi connectivity index (χ0) is 15.7. The van der Waals surface area contributed by atoms with E-state index in [0.717, 1.165) is 27.7 Å². The lowest BCUT2D eigenvalue weighted by atomic mass is 10.0. The number of fused-ring (bicyclic) bond motifs is 1. The van der Waals surface area contributed by atoms with Gasteiger partial charge in [0.05, 0.1) is 12.7 Å². The molecule has 112 valence electrons. The monoisotopic (exact) mass is 289 g/mol. The van der Waals surface area contributed by atoms with Crippen LogP contribution in [-0.4, -0.2) is 35.0 Å². The number of carboxylic acid groups (broad SMARTS) is 1. The summed E-state index contributed by atoms with van der Waals surface area (Å²) in [5, 5.41) is 9.86. The van der Waals surface area contributed by atoms with E-state index in [9.17, 15) is 9.59 Å². The number of carboxylic acids is 1. The van der Waals surface area contributed by atoms with Gasteiger partial charge in [-0.15, -0.1) is 0 Å². The van der Waals surface area contributed by atoms with Crippen molar-refractivity contribution in [1.82, 2.24) is 4.90 Å². The highest BCUT2D eigenvalue weighted by Gasteiger charge is 2.22. The molecule has 1 unspecified atom stereocenters. The average molecular weight is 289 g/mol. The predicted molar refractivity (Wildman–Crippen MR) is 79.3 cm³/mol. The minimum Gasteiger partial charge on any atom is -0.480 e. The van der Waals surface area contributed by atoms with Crippen LogP contribution in [0, 0.1) is 13.8 Å². The van der Waals surface area contributed by atoms with Gasteiger partial charge in [-0.3, -0.25) is 4.79 Å². The Hall–Kier alpha value is -2.30. The number of furan rings is 1. The molecule has 0 bridgehead atoms. The second-order valence-corrected chi connectivity index (χ2v) is 5.39. The van der Waals surface area contributed by atoms with E-state index in [1.807, 2.05) is 26.0 Å². The van der Waals surface area contributed by atoms with E-state index in [1.54, 1.807) is 6.26 Å². The van der Waals surface area contributed by atoms with E-state index in [-0.39, 0.29) is 12.3 Å². The maximum atomic E-state index is 12.2. The van der Waals surface area contributed by atoms with Crippen molar-refractivity contribution in [3.63, 3.8) is 0 Å². The normalized spacial score (nSPS) is 12.4. The summed E-state index contributed by atoms with van der Waals surface area (Å²) in [5.74, 6) is -1.26. The van der Waals surface area contributed by atoms with Gasteiger partial charge in [0.1, 0.15) is 11.6 Å². The van der Waals surface area contributed by atoms with Gasteiger partial charge in [0.15, 0.2) is 0 Å². The molecule has 2 aromatic rings. The first-order valence-corrected chi connectivity index (χ1v) is 6.77. The van der Waals surface area contributed by atoms with Gasteiger partial charge in [-0.2, -0.15) is 0 Å². The van der Waals surface area contributed by atoms with Crippen LogP contribution in [0.4, 0.5) is 0 Å². The van der Waals surface area contributed by atoms with Gasteiger partial charge in [-0.25, -0.2) is 4.79 Å². The first-order chi connectivity index (χ1) is 9.81. The van der Waals surface area contributed by atoms with Crippen molar-refractivity contribution >= 4 is 22.8 Å². The molecule has 1 atom stereocenters. The molecule has 0 fully saturated rings. The van der Waals surface area contributed by atoms with Crippen LogP contribution in [0.15, 0.2) is 22.8 Å². The van der Waals surface area contributed by atoms with Gasteiger partial charge >= 0.3 is 5.97 Å². The lowest BCUT2D eigenvalue weighted by molar-refractivity contribution is -0.147. The van der Waals surface area contributed by atoms with E-state index in [2.05, 4.69) is 0 Å². The van der Waals surface area contributed by atoms with Crippen LogP contribution in [0.2, 0.25) is 0 Å². The molecule has 5 heteroatoms. The van der Waals surface area contributed by atoms with Crippen molar-refractivity contribution in [2.75, 3.05) is 7.05 Å². The quantitative estimate of drug-likeness (QED) is 0.939. The molecule has 1 amide bonds. The Morgan fingerprint density at radius 2 is 1.90 bits per heavy atom. The van der Waals surface area contributed by atoms with Crippen LogP contribution in [-0.2, 0) is 16.0 Å². The Bertz CT molecular complexity index is 702. The zero-order valence-corrected chi connectivity index (χ0v) is 12.6. The number of hydrogen-bond acceptors (Lipinski definition) is 3. The Morgan fingerprint density at radius 3 is 2.52 bits per heavy atom. The number of aliphatic carboxylic acids is 1. The number of nitrogens with zero attached hydrogens (tertiary/aromatic N) is 1. The minimum absolute atomic E-state index is 0.129. The number of benzene rings is 1. The summed E-state index contributed by atoms with van der Waals surface area (Å²) in [5.41, 5.74) is 3.79. The minimum atomic E-state index is -1.02. The predicted octanol–water partition coefficient (Wildman–Crippen LogP) is 2.52. The van der Waals surface area contributed by atoms with Gasteiger partial charge in [0.2, 0.25) is 5.91 Å². The molecule has 2 rings (SSSR count). The molecule has 1 N–H and O–H groups in total. The molecule has 0 aliphatic carbocycles. The van der Waals surface area contributed by atoms with Gasteiger partial charge in [-0.1, -0.05) is 0 Å². The van der Waals surface area contributed by atoms with Crippen LogP contribution >= 0.6 is 0 Å². The summed E-state index contributed by atoms with van der Waals surface area (Å²) in [6, 6.07) is 3.10. The summed E-state index contributed by atoms with van der Waals surface area (Å²) < 4.78 is 5.49. The number of amides is 1. The third-order valence-electron chi connectivity index (χ3n) is 3.94. The molecule has 0 saturated heterocycles. The largest absolute Gasteiger partial charge is 0.480 e. The van der Waals surface area contributed by atoms with Gasteiger partial charge in [0, 0.05) is 18.0 Å². The van der Waals surface area contributed by atoms with Gasteiger partial charge < -0.3 is 14.4 Å². The van der Waals surface area contributed by atoms with Crippen molar-refractivity contribution in [2.24, 2.45) is 0 Å². The van der Waals surface area contributed by atoms with E-state index >= 15 is 0 Å². The number of carbonyl (C=O) groups excluding carboxylic acids is 1. The number of hydrogen-bond donors (Lipinski definition) is 1. The molecule has 1 aromatic carbocycles. The van der Waals surface area contributed by atoms with Crippen LogP contribution in [0.3, 0.4) is 0 Å². The van der Waals surface area contributed by atoms with Gasteiger partial charge in [0.25, 0.3) is 0 Å². The van der Waals surface area contributed by atoms with E-state index in [0.29, 0.717) is 0 Å². The molecule has 1 heterocycles. The number of aryl methyl sites for hydroxylation is 2. The SMILES string of the molecule is Cc1cc2occ(CC(=O)N(C)C(C)C(=O)O)c2cc1C. The highest BCUT2D eigenvalue weighted by atomic mass is 16.4. The Labute approximate surface area is 123 Å².